The van der Waals surface area contributed by atoms with Gasteiger partial charge in [-0.15, -0.1) is 0 Å². The average molecular weight is 328 g/mol. The Hall–Kier alpha value is -2.50. The standard InChI is InChI=1S/C18H24N4O2/c1-12-10-13(2)20-17(24-4)15(12)11-19-18(23)22-9-8-21-7-5-6-16(21)14(22)3/h5-7,10,14H,8-9,11H2,1-4H3,(H,19,23). The van der Waals surface area contributed by atoms with Crippen molar-refractivity contribution in [1.29, 1.82) is 0 Å². The molecule has 1 N–H and O–H groups in total. The zero-order chi connectivity index (χ0) is 17.3. The molecule has 2 amide bonds. The van der Waals surface area contributed by atoms with Crippen molar-refractivity contribution in [2.45, 2.75) is 39.9 Å². The van der Waals surface area contributed by atoms with Gasteiger partial charge >= 0.3 is 6.03 Å². The molecule has 0 aromatic carbocycles. The third kappa shape index (κ3) is 2.96. The molecule has 6 heteroatoms. The lowest BCUT2D eigenvalue weighted by Gasteiger charge is -2.35. The predicted octanol–water partition coefficient (Wildman–Crippen LogP) is 2.79. The molecule has 24 heavy (non-hydrogen) atoms. The first-order chi connectivity index (χ1) is 11.5. The molecule has 1 aliphatic rings. The smallest absolute Gasteiger partial charge is 0.318 e. The van der Waals surface area contributed by atoms with Crippen LogP contribution in [-0.2, 0) is 13.1 Å². The summed E-state index contributed by atoms with van der Waals surface area (Å²) in [6, 6.07) is 6.10. The van der Waals surface area contributed by atoms with Gasteiger partial charge in [-0.2, -0.15) is 0 Å². The number of hydrogen-bond acceptors (Lipinski definition) is 3. The summed E-state index contributed by atoms with van der Waals surface area (Å²) in [5.74, 6) is 0.577. The third-order valence-electron chi connectivity index (χ3n) is 4.65. The average Bonchev–Trinajstić information content (AvgIpc) is 3.03. The summed E-state index contributed by atoms with van der Waals surface area (Å²) >= 11 is 0. The van der Waals surface area contributed by atoms with Gasteiger partial charge in [0, 0.05) is 36.2 Å². The van der Waals surface area contributed by atoms with Crippen LogP contribution in [0.25, 0.3) is 0 Å². The lowest BCUT2D eigenvalue weighted by Crippen LogP contribution is -2.45. The number of carbonyl (C=O) groups is 1. The molecule has 3 heterocycles. The van der Waals surface area contributed by atoms with Gasteiger partial charge in [0.15, 0.2) is 0 Å². The topological polar surface area (TPSA) is 59.4 Å². The second-order valence-corrected chi connectivity index (χ2v) is 6.22. The molecule has 0 saturated carbocycles. The van der Waals surface area contributed by atoms with E-state index in [9.17, 15) is 4.79 Å². The van der Waals surface area contributed by atoms with Crippen molar-refractivity contribution in [3.8, 4) is 5.88 Å². The zero-order valence-electron chi connectivity index (χ0n) is 14.7. The fourth-order valence-electron chi connectivity index (χ4n) is 3.33. The molecule has 128 valence electrons. The van der Waals surface area contributed by atoms with E-state index < -0.39 is 0 Å². The Bertz CT molecular complexity index is 753. The number of amides is 2. The van der Waals surface area contributed by atoms with Crippen LogP contribution in [0.1, 0.15) is 35.5 Å². The van der Waals surface area contributed by atoms with E-state index >= 15 is 0 Å². The number of hydrogen-bond donors (Lipinski definition) is 1. The molecule has 6 nitrogen and oxygen atoms in total. The Morgan fingerprint density at radius 1 is 1.42 bits per heavy atom. The van der Waals surface area contributed by atoms with Crippen molar-refractivity contribution in [3.63, 3.8) is 0 Å². The van der Waals surface area contributed by atoms with Gasteiger partial charge in [-0.05, 0) is 44.5 Å². The minimum Gasteiger partial charge on any atom is -0.481 e. The van der Waals surface area contributed by atoms with Gasteiger partial charge in [0.1, 0.15) is 0 Å². The van der Waals surface area contributed by atoms with E-state index in [1.54, 1.807) is 7.11 Å². The van der Waals surface area contributed by atoms with Crippen molar-refractivity contribution >= 4 is 6.03 Å². The molecule has 2 aromatic rings. The van der Waals surface area contributed by atoms with E-state index in [0.29, 0.717) is 19.0 Å². The molecule has 1 atom stereocenters. The van der Waals surface area contributed by atoms with E-state index in [2.05, 4.69) is 34.1 Å². The van der Waals surface area contributed by atoms with Crippen LogP contribution in [0.15, 0.2) is 24.4 Å². The number of nitrogens with one attached hydrogen (secondary N) is 1. The van der Waals surface area contributed by atoms with E-state index in [-0.39, 0.29) is 12.1 Å². The second-order valence-electron chi connectivity index (χ2n) is 6.22. The number of fused-ring (bicyclic) bond motifs is 1. The van der Waals surface area contributed by atoms with Crippen LogP contribution in [0.2, 0.25) is 0 Å². The third-order valence-corrected chi connectivity index (χ3v) is 4.65. The lowest BCUT2D eigenvalue weighted by atomic mass is 10.1. The van der Waals surface area contributed by atoms with E-state index in [4.69, 9.17) is 4.74 Å². The van der Waals surface area contributed by atoms with Crippen LogP contribution < -0.4 is 10.1 Å². The monoisotopic (exact) mass is 328 g/mol. The van der Waals surface area contributed by atoms with Gasteiger partial charge < -0.3 is 19.5 Å². The van der Waals surface area contributed by atoms with E-state index in [1.165, 1.54) is 5.69 Å². The van der Waals surface area contributed by atoms with Crippen LogP contribution >= 0.6 is 0 Å². The number of nitrogens with zero attached hydrogens (tertiary/aromatic N) is 3. The molecule has 1 unspecified atom stereocenters. The number of aryl methyl sites for hydroxylation is 2. The van der Waals surface area contributed by atoms with E-state index in [0.717, 1.165) is 23.4 Å². The fraction of sp³-hybridized carbons (Fsp3) is 0.444. The maximum absolute atomic E-state index is 12.6. The summed E-state index contributed by atoms with van der Waals surface area (Å²) in [6.45, 7) is 7.94. The first-order valence-corrected chi connectivity index (χ1v) is 8.22. The van der Waals surface area contributed by atoms with Crippen molar-refractivity contribution in [3.05, 3.63) is 46.9 Å². The van der Waals surface area contributed by atoms with Crippen LogP contribution in [0.5, 0.6) is 5.88 Å². The Morgan fingerprint density at radius 3 is 2.96 bits per heavy atom. The number of methoxy groups -OCH3 is 1. The molecular formula is C18H24N4O2. The molecule has 3 rings (SSSR count). The van der Waals surface area contributed by atoms with Crippen LogP contribution in [0.4, 0.5) is 4.79 Å². The maximum atomic E-state index is 12.6. The second kappa shape index (κ2) is 6.55. The Labute approximate surface area is 142 Å². The highest BCUT2D eigenvalue weighted by atomic mass is 16.5. The molecule has 0 fully saturated rings. The first-order valence-electron chi connectivity index (χ1n) is 8.22. The summed E-state index contributed by atoms with van der Waals surface area (Å²) in [6.07, 6.45) is 2.06. The van der Waals surface area contributed by atoms with Gasteiger partial charge in [0.05, 0.1) is 19.7 Å². The van der Waals surface area contributed by atoms with Gasteiger partial charge in [-0.25, -0.2) is 9.78 Å². The Morgan fingerprint density at radius 2 is 2.21 bits per heavy atom. The number of rotatable bonds is 3. The molecule has 0 radical (unpaired) electrons. The minimum absolute atomic E-state index is 0.0584. The molecule has 0 spiro atoms. The van der Waals surface area contributed by atoms with Crippen LogP contribution in [0, 0.1) is 13.8 Å². The molecule has 0 saturated heterocycles. The van der Waals surface area contributed by atoms with Crippen molar-refractivity contribution in [2.75, 3.05) is 13.7 Å². The van der Waals surface area contributed by atoms with Crippen LogP contribution in [0.3, 0.4) is 0 Å². The Kier molecular flexibility index (Phi) is 4.46. The number of ether oxygens (including phenoxy) is 1. The van der Waals surface area contributed by atoms with Gasteiger partial charge in [0.25, 0.3) is 0 Å². The zero-order valence-corrected chi connectivity index (χ0v) is 14.7. The summed E-state index contributed by atoms with van der Waals surface area (Å²) < 4.78 is 7.56. The summed E-state index contributed by atoms with van der Waals surface area (Å²) in [7, 11) is 1.60. The predicted molar refractivity (Wildman–Crippen MR) is 92.1 cm³/mol. The fourth-order valence-corrected chi connectivity index (χ4v) is 3.33. The highest BCUT2D eigenvalue weighted by Crippen LogP contribution is 2.25. The Balaban J connectivity index is 1.71. The number of pyridine rings is 1. The molecular weight excluding hydrogens is 304 g/mol. The summed E-state index contributed by atoms with van der Waals surface area (Å²) in [5.41, 5.74) is 4.07. The van der Waals surface area contributed by atoms with Gasteiger partial charge in [0.2, 0.25) is 5.88 Å². The lowest BCUT2D eigenvalue weighted by molar-refractivity contribution is 0.162. The summed E-state index contributed by atoms with van der Waals surface area (Å²) in [4.78, 5) is 18.9. The van der Waals surface area contributed by atoms with Crippen molar-refractivity contribution in [2.24, 2.45) is 0 Å². The SMILES string of the molecule is COc1nc(C)cc(C)c1CNC(=O)N1CCn2cccc2C1C. The number of aromatic nitrogens is 2. The number of carbonyl (C=O) groups excluding carboxylic acids is 1. The maximum Gasteiger partial charge on any atom is 0.318 e. The quantitative estimate of drug-likeness (QED) is 0.942. The molecule has 0 aliphatic carbocycles. The first kappa shape index (κ1) is 16.4. The molecule has 2 aromatic heterocycles. The van der Waals surface area contributed by atoms with Gasteiger partial charge in [-0.3, -0.25) is 0 Å². The summed E-state index contributed by atoms with van der Waals surface area (Å²) in [5, 5.41) is 3.01. The number of urea groups is 1. The minimum atomic E-state index is -0.0584. The largest absolute Gasteiger partial charge is 0.481 e. The van der Waals surface area contributed by atoms with Crippen molar-refractivity contribution < 1.29 is 9.53 Å². The highest BCUT2D eigenvalue weighted by Gasteiger charge is 2.27. The highest BCUT2D eigenvalue weighted by molar-refractivity contribution is 5.75. The van der Waals surface area contributed by atoms with Crippen LogP contribution in [-0.4, -0.2) is 34.1 Å². The molecule has 1 aliphatic heterocycles. The van der Waals surface area contributed by atoms with E-state index in [1.807, 2.05) is 30.9 Å². The van der Waals surface area contributed by atoms with Gasteiger partial charge in [-0.1, -0.05) is 0 Å². The van der Waals surface area contributed by atoms with Crippen molar-refractivity contribution in [1.82, 2.24) is 19.8 Å². The normalized spacial score (nSPS) is 16.7. The molecule has 0 bridgehead atoms.